The minimum Gasteiger partial charge on any atom is -0.399 e. The molecule has 2 nitrogen and oxygen atoms in total. The summed E-state index contributed by atoms with van der Waals surface area (Å²) >= 11 is 1.90. The van der Waals surface area contributed by atoms with Gasteiger partial charge in [0.2, 0.25) is 0 Å². The second kappa shape index (κ2) is 2.90. The summed E-state index contributed by atoms with van der Waals surface area (Å²) in [6.07, 6.45) is 0. The Kier molecular flexibility index (Phi) is 1.89. The fourth-order valence-electron chi connectivity index (χ4n) is 1.37. The molecule has 0 atom stereocenters. The maximum Gasteiger partial charge on any atom is 0.0522 e. The lowest BCUT2D eigenvalue weighted by Crippen LogP contribution is -2.24. The van der Waals surface area contributed by atoms with Crippen molar-refractivity contribution in [3.63, 3.8) is 0 Å². The molecular formula is C9H12N2S. The molecule has 0 aromatic heterocycles. The van der Waals surface area contributed by atoms with Gasteiger partial charge in [-0.15, -0.1) is 11.8 Å². The highest BCUT2D eigenvalue weighted by Gasteiger charge is 2.13. The van der Waals surface area contributed by atoms with Crippen LogP contribution in [0, 0.1) is 0 Å². The molecule has 0 unspecified atom stereocenters. The average molecular weight is 180 g/mol. The summed E-state index contributed by atoms with van der Waals surface area (Å²) in [5.74, 6) is 1.17. The molecule has 0 radical (unpaired) electrons. The highest BCUT2D eigenvalue weighted by atomic mass is 32.2. The largest absolute Gasteiger partial charge is 0.399 e. The van der Waals surface area contributed by atoms with E-state index in [1.807, 2.05) is 23.9 Å². The first-order valence-electron chi connectivity index (χ1n) is 4.01. The maximum absolute atomic E-state index is 5.71. The molecule has 0 saturated carbocycles. The van der Waals surface area contributed by atoms with Crippen molar-refractivity contribution in [2.45, 2.75) is 4.90 Å². The van der Waals surface area contributed by atoms with E-state index in [4.69, 9.17) is 5.73 Å². The molecule has 3 heteroatoms. The van der Waals surface area contributed by atoms with Gasteiger partial charge in [-0.2, -0.15) is 0 Å². The average Bonchev–Trinajstić information content (AvgIpc) is 2.07. The monoisotopic (exact) mass is 180 g/mol. The van der Waals surface area contributed by atoms with Gasteiger partial charge in [0, 0.05) is 29.9 Å². The van der Waals surface area contributed by atoms with Gasteiger partial charge in [-0.1, -0.05) is 0 Å². The summed E-state index contributed by atoms with van der Waals surface area (Å²) in [4.78, 5) is 3.60. The standard InChI is InChI=1S/C9H12N2S/c1-11-4-5-12-9-3-2-7(10)6-8(9)11/h2-3,6H,4-5,10H2,1H3. The summed E-state index contributed by atoms with van der Waals surface area (Å²) in [5.41, 5.74) is 7.83. The van der Waals surface area contributed by atoms with Gasteiger partial charge < -0.3 is 10.6 Å². The van der Waals surface area contributed by atoms with Gasteiger partial charge in [-0.3, -0.25) is 0 Å². The Bertz CT molecular complexity index is 299. The number of thioether (sulfide) groups is 1. The molecule has 1 aromatic rings. The molecule has 1 aliphatic rings. The molecule has 12 heavy (non-hydrogen) atoms. The fraction of sp³-hybridized carbons (Fsp3) is 0.333. The van der Waals surface area contributed by atoms with Crippen LogP contribution in [0.4, 0.5) is 11.4 Å². The minimum absolute atomic E-state index is 0.850. The van der Waals surface area contributed by atoms with Crippen molar-refractivity contribution in [2.24, 2.45) is 0 Å². The van der Waals surface area contributed by atoms with Crippen molar-refractivity contribution in [1.82, 2.24) is 0 Å². The Labute approximate surface area is 76.7 Å². The topological polar surface area (TPSA) is 29.3 Å². The van der Waals surface area contributed by atoms with Gasteiger partial charge in [0.1, 0.15) is 0 Å². The maximum atomic E-state index is 5.71. The summed E-state index contributed by atoms with van der Waals surface area (Å²) in [6, 6.07) is 6.11. The van der Waals surface area contributed by atoms with Crippen LogP contribution in [0.3, 0.4) is 0 Å². The SMILES string of the molecule is CN1CCSc2ccc(N)cc21. The van der Waals surface area contributed by atoms with Crippen LogP contribution in [0.25, 0.3) is 0 Å². The molecule has 2 N–H and O–H groups in total. The van der Waals surface area contributed by atoms with Gasteiger partial charge in [-0.05, 0) is 18.2 Å². The van der Waals surface area contributed by atoms with Crippen molar-refractivity contribution >= 4 is 23.1 Å². The normalized spacial score (nSPS) is 15.9. The molecule has 0 spiro atoms. The molecule has 0 bridgehead atoms. The zero-order valence-electron chi connectivity index (χ0n) is 7.08. The first-order chi connectivity index (χ1) is 5.77. The van der Waals surface area contributed by atoms with Gasteiger partial charge in [0.15, 0.2) is 0 Å². The lowest BCUT2D eigenvalue weighted by Gasteiger charge is -2.26. The van der Waals surface area contributed by atoms with E-state index in [9.17, 15) is 0 Å². The third-order valence-corrected chi connectivity index (χ3v) is 3.12. The van der Waals surface area contributed by atoms with Crippen LogP contribution in [0.2, 0.25) is 0 Å². The Morgan fingerprint density at radius 2 is 2.33 bits per heavy atom. The predicted octanol–water partition coefficient (Wildman–Crippen LogP) is 1.81. The number of hydrogen-bond acceptors (Lipinski definition) is 3. The van der Waals surface area contributed by atoms with Crippen LogP contribution in [-0.2, 0) is 0 Å². The fourth-order valence-corrected chi connectivity index (χ4v) is 2.48. The third-order valence-electron chi connectivity index (χ3n) is 2.08. The van der Waals surface area contributed by atoms with Crippen LogP contribution in [0.5, 0.6) is 0 Å². The van der Waals surface area contributed by atoms with E-state index in [2.05, 4.69) is 18.0 Å². The number of fused-ring (bicyclic) bond motifs is 1. The van der Waals surface area contributed by atoms with E-state index in [1.54, 1.807) is 0 Å². The second-order valence-electron chi connectivity index (χ2n) is 3.00. The molecule has 2 rings (SSSR count). The van der Waals surface area contributed by atoms with Crippen molar-refractivity contribution < 1.29 is 0 Å². The first kappa shape index (κ1) is 7.80. The minimum atomic E-state index is 0.850. The second-order valence-corrected chi connectivity index (χ2v) is 4.13. The first-order valence-corrected chi connectivity index (χ1v) is 4.99. The third kappa shape index (κ3) is 1.25. The Morgan fingerprint density at radius 1 is 1.50 bits per heavy atom. The van der Waals surface area contributed by atoms with Gasteiger partial charge in [0.05, 0.1) is 5.69 Å². The van der Waals surface area contributed by atoms with Crippen molar-refractivity contribution in [2.75, 3.05) is 30.0 Å². The van der Waals surface area contributed by atoms with Gasteiger partial charge in [0.25, 0.3) is 0 Å². The molecule has 0 amide bonds. The number of hydrogen-bond donors (Lipinski definition) is 1. The van der Waals surface area contributed by atoms with Crippen LogP contribution in [-0.4, -0.2) is 19.3 Å². The zero-order valence-corrected chi connectivity index (χ0v) is 7.90. The molecule has 0 saturated heterocycles. The van der Waals surface area contributed by atoms with E-state index in [0.717, 1.165) is 12.2 Å². The van der Waals surface area contributed by atoms with Crippen LogP contribution < -0.4 is 10.6 Å². The number of nitrogen functional groups attached to an aromatic ring is 1. The highest BCUT2D eigenvalue weighted by molar-refractivity contribution is 7.99. The van der Waals surface area contributed by atoms with Crippen LogP contribution in [0.15, 0.2) is 23.1 Å². The number of nitrogens with two attached hydrogens (primary N) is 1. The molecule has 1 heterocycles. The Hall–Kier alpha value is -0.830. The lowest BCUT2D eigenvalue weighted by molar-refractivity contribution is 0.944. The predicted molar refractivity (Wildman–Crippen MR) is 54.8 cm³/mol. The summed E-state index contributed by atoms with van der Waals surface area (Å²) in [7, 11) is 2.11. The molecule has 1 aromatic carbocycles. The van der Waals surface area contributed by atoms with E-state index in [0.29, 0.717) is 0 Å². The van der Waals surface area contributed by atoms with Crippen LogP contribution >= 0.6 is 11.8 Å². The number of benzene rings is 1. The molecule has 0 aliphatic carbocycles. The highest BCUT2D eigenvalue weighted by Crippen LogP contribution is 2.34. The van der Waals surface area contributed by atoms with E-state index < -0.39 is 0 Å². The van der Waals surface area contributed by atoms with Crippen molar-refractivity contribution in [3.8, 4) is 0 Å². The van der Waals surface area contributed by atoms with Crippen LogP contribution in [0.1, 0.15) is 0 Å². The quantitative estimate of drug-likeness (QED) is 0.617. The Balaban J connectivity index is 2.47. The summed E-state index contributed by atoms with van der Waals surface area (Å²) in [6.45, 7) is 1.11. The number of nitrogens with zero attached hydrogens (tertiary/aromatic N) is 1. The number of anilines is 2. The van der Waals surface area contributed by atoms with Crippen molar-refractivity contribution in [1.29, 1.82) is 0 Å². The molecular weight excluding hydrogens is 168 g/mol. The molecule has 0 fully saturated rings. The van der Waals surface area contributed by atoms with E-state index in [1.165, 1.54) is 16.3 Å². The number of rotatable bonds is 0. The summed E-state index contributed by atoms with van der Waals surface area (Å²) in [5, 5.41) is 0. The smallest absolute Gasteiger partial charge is 0.0522 e. The van der Waals surface area contributed by atoms with Gasteiger partial charge >= 0.3 is 0 Å². The Morgan fingerprint density at radius 3 is 3.17 bits per heavy atom. The van der Waals surface area contributed by atoms with Crippen molar-refractivity contribution in [3.05, 3.63) is 18.2 Å². The van der Waals surface area contributed by atoms with E-state index >= 15 is 0 Å². The zero-order chi connectivity index (χ0) is 8.55. The molecule has 64 valence electrons. The van der Waals surface area contributed by atoms with Gasteiger partial charge in [-0.25, -0.2) is 0 Å². The molecule has 1 aliphatic heterocycles. The summed E-state index contributed by atoms with van der Waals surface area (Å²) < 4.78 is 0. The van der Waals surface area contributed by atoms with E-state index in [-0.39, 0.29) is 0 Å². The lowest BCUT2D eigenvalue weighted by atomic mass is 10.2.